The molecular formula is C27H38N6O3S. The van der Waals surface area contributed by atoms with Crippen molar-refractivity contribution >= 4 is 38.9 Å². The van der Waals surface area contributed by atoms with E-state index in [0.717, 1.165) is 43.1 Å². The minimum absolute atomic E-state index is 0.0873. The van der Waals surface area contributed by atoms with Crippen molar-refractivity contribution in [3.8, 4) is 0 Å². The molecule has 1 N–H and O–H groups in total. The molecule has 1 amide bonds. The minimum atomic E-state index is -3.53. The van der Waals surface area contributed by atoms with Gasteiger partial charge in [0, 0.05) is 51.0 Å². The fourth-order valence-electron chi connectivity index (χ4n) is 5.80. The van der Waals surface area contributed by atoms with Gasteiger partial charge in [-0.3, -0.25) is 9.69 Å². The molecule has 1 atom stereocenters. The molecule has 3 aliphatic rings. The van der Waals surface area contributed by atoms with Gasteiger partial charge < -0.3 is 15.1 Å². The van der Waals surface area contributed by atoms with Crippen LogP contribution >= 0.6 is 0 Å². The first-order chi connectivity index (χ1) is 17.7. The summed E-state index contributed by atoms with van der Waals surface area (Å²) in [6, 6.07) is 11.2. The van der Waals surface area contributed by atoms with Crippen molar-refractivity contribution in [1.82, 2.24) is 14.2 Å². The summed E-state index contributed by atoms with van der Waals surface area (Å²) in [4.78, 5) is 24.3. The van der Waals surface area contributed by atoms with Crippen LogP contribution in [0.25, 0.3) is 0 Å². The third-order valence-corrected chi connectivity index (χ3v) is 9.96. The Morgan fingerprint density at radius 2 is 1.62 bits per heavy atom. The Bertz CT molecular complexity index is 1240. The summed E-state index contributed by atoms with van der Waals surface area (Å²) < 4.78 is 27.9. The molecule has 200 valence electrons. The summed E-state index contributed by atoms with van der Waals surface area (Å²) >= 11 is 0. The first-order valence-electron chi connectivity index (χ1n) is 13.3. The number of nitrogens with zero attached hydrogens (tertiary/aromatic N) is 5. The molecule has 3 heterocycles. The molecule has 10 heteroatoms. The topological polar surface area (TPSA) is 89.1 Å². The number of carbonyl (C=O) groups excluding carboxylic acids is 1. The van der Waals surface area contributed by atoms with Crippen LogP contribution in [0.1, 0.15) is 46.5 Å². The van der Waals surface area contributed by atoms with E-state index in [1.54, 1.807) is 40.5 Å². The first-order valence-corrected chi connectivity index (χ1v) is 14.8. The van der Waals surface area contributed by atoms with Crippen molar-refractivity contribution in [3.63, 3.8) is 0 Å². The number of hydrogen-bond acceptors (Lipinski definition) is 7. The lowest BCUT2D eigenvalue weighted by atomic mass is 10.1. The van der Waals surface area contributed by atoms with Crippen molar-refractivity contribution < 1.29 is 13.2 Å². The van der Waals surface area contributed by atoms with Crippen molar-refractivity contribution in [1.29, 1.82) is 0 Å². The number of sulfonamides is 1. The van der Waals surface area contributed by atoms with E-state index in [0.29, 0.717) is 35.9 Å². The Hall–Kier alpha value is -2.69. The standard InChI is InChI=1S/C27H38N6O3S/c1-19(2)31-15-17-32(18-16-31)37(35,36)23-11-9-21(10-12-23)28-25-14-13-24-26(29-25)33(22-7-5-6-8-22)20(3)27(34)30(24)4/h9-14,19-20,22H,5-8,15-18H2,1-4H3,(H,28,29)/t20-/m1/s1. The molecule has 1 aromatic carbocycles. The van der Waals surface area contributed by atoms with Gasteiger partial charge in [0.1, 0.15) is 11.9 Å². The number of hydrogen-bond donors (Lipinski definition) is 1. The quantitative estimate of drug-likeness (QED) is 0.615. The number of aromatic nitrogens is 1. The van der Waals surface area contributed by atoms with Crippen LogP contribution in [0.15, 0.2) is 41.3 Å². The van der Waals surface area contributed by atoms with E-state index in [9.17, 15) is 13.2 Å². The number of fused-ring (bicyclic) bond motifs is 1. The average Bonchev–Trinajstić information content (AvgIpc) is 3.42. The Morgan fingerprint density at radius 1 is 0.973 bits per heavy atom. The summed E-state index contributed by atoms with van der Waals surface area (Å²) in [5, 5.41) is 3.33. The van der Waals surface area contributed by atoms with Crippen molar-refractivity contribution in [3.05, 3.63) is 36.4 Å². The monoisotopic (exact) mass is 526 g/mol. The van der Waals surface area contributed by atoms with E-state index in [4.69, 9.17) is 4.98 Å². The maximum atomic E-state index is 13.2. The van der Waals surface area contributed by atoms with Gasteiger partial charge in [-0.1, -0.05) is 12.8 Å². The van der Waals surface area contributed by atoms with Crippen LogP contribution in [-0.2, 0) is 14.8 Å². The van der Waals surface area contributed by atoms with E-state index >= 15 is 0 Å². The maximum Gasteiger partial charge on any atom is 0.249 e. The molecule has 2 fully saturated rings. The largest absolute Gasteiger partial charge is 0.340 e. The number of piperazine rings is 1. The molecule has 2 aliphatic heterocycles. The third kappa shape index (κ3) is 4.94. The molecule has 1 aromatic heterocycles. The number of carbonyl (C=O) groups is 1. The molecular weight excluding hydrogens is 488 g/mol. The highest BCUT2D eigenvalue weighted by atomic mass is 32.2. The molecule has 2 aromatic rings. The molecule has 1 aliphatic carbocycles. The van der Waals surface area contributed by atoms with E-state index in [-0.39, 0.29) is 11.9 Å². The van der Waals surface area contributed by atoms with Gasteiger partial charge in [-0.2, -0.15) is 4.31 Å². The fraction of sp³-hybridized carbons (Fsp3) is 0.556. The number of rotatable bonds is 6. The molecule has 0 spiro atoms. The summed E-state index contributed by atoms with van der Waals surface area (Å²) in [6.07, 6.45) is 4.49. The van der Waals surface area contributed by atoms with Gasteiger partial charge in [0.05, 0.1) is 10.6 Å². The van der Waals surface area contributed by atoms with Gasteiger partial charge in [0.2, 0.25) is 15.9 Å². The first kappa shape index (κ1) is 25.9. The van der Waals surface area contributed by atoms with E-state index in [1.165, 1.54) is 12.8 Å². The van der Waals surface area contributed by atoms with Crippen LogP contribution in [0.2, 0.25) is 0 Å². The number of nitrogens with one attached hydrogen (secondary N) is 1. The van der Waals surface area contributed by atoms with E-state index < -0.39 is 10.0 Å². The smallest absolute Gasteiger partial charge is 0.249 e. The Balaban J connectivity index is 1.33. The molecule has 0 radical (unpaired) electrons. The van der Waals surface area contributed by atoms with Gasteiger partial charge in [0.25, 0.3) is 0 Å². The maximum absolute atomic E-state index is 13.2. The molecule has 37 heavy (non-hydrogen) atoms. The Labute approximate surface area is 220 Å². The highest BCUT2D eigenvalue weighted by Gasteiger charge is 2.39. The van der Waals surface area contributed by atoms with Gasteiger partial charge >= 0.3 is 0 Å². The predicted octanol–water partition coefficient (Wildman–Crippen LogP) is 3.65. The van der Waals surface area contributed by atoms with Crippen molar-refractivity contribution in [2.45, 2.75) is 69.5 Å². The zero-order valence-corrected chi connectivity index (χ0v) is 23.0. The van der Waals surface area contributed by atoms with E-state index in [2.05, 4.69) is 29.0 Å². The van der Waals surface area contributed by atoms with Crippen LogP contribution in [0.3, 0.4) is 0 Å². The summed E-state index contributed by atoms with van der Waals surface area (Å²) in [7, 11) is -1.72. The normalized spacial score (nSPS) is 22.1. The lowest BCUT2D eigenvalue weighted by molar-refractivity contribution is -0.119. The van der Waals surface area contributed by atoms with E-state index in [1.807, 2.05) is 19.1 Å². The van der Waals surface area contributed by atoms with Crippen LogP contribution < -0.4 is 15.1 Å². The molecule has 1 saturated heterocycles. The van der Waals surface area contributed by atoms with Crippen LogP contribution in [0.5, 0.6) is 0 Å². The third-order valence-electron chi connectivity index (χ3n) is 8.05. The summed E-state index contributed by atoms with van der Waals surface area (Å²) in [5.41, 5.74) is 1.58. The molecule has 5 rings (SSSR count). The van der Waals surface area contributed by atoms with Gasteiger partial charge in [-0.05, 0) is 70.0 Å². The number of benzene rings is 1. The number of likely N-dealkylation sites (N-methyl/N-ethyl adjacent to an activating group) is 1. The molecule has 0 unspecified atom stereocenters. The van der Waals surface area contributed by atoms with Gasteiger partial charge in [-0.15, -0.1) is 0 Å². The molecule has 0 bridgehead atoms. The Morgan fingerprint density at radius 3 is 2.24 bits per heavy atom. The lowest BCUT2D eigenvalue weighted by Gasteiger charge is -2.42. The second-order valence-electron chi connectivity index (χ2n) is 10.6. The van der Waals surface area contributed by atoms with Crippen molar-refractivity contribution in [2.24, 2.45) is 0 Å². The fourth-order valence-corrected chi connectivity index (χ4v) is 7.23. The second kappa shape index (κ2) is 10.2. The van der Waals surface area contributed by atoms with Crippen molar-refractivity contribution in [2.75, 3.05) is 48.3 Å². The zero-order chi connectivity index (χ0) is 26.3. The summed E-state index contributed by atoms with van der Waals surface area (Å²) in [5.74, 6) is 1.58. The SMILES string of the molecule is CC(C)N1CCN(S(=O)(=O)c2ccc(Nc3ccc4c(n3)N(C3CCCC3)[C@H](C)C(=O)N4C)cc2)CC1. The highest BCUT2D eigenvalue weighted by Crippen LogP contribution is 2.39. The minimum Gasteiger partial charge on any atom is -0.340 e. The number of pyridine rings is 1. The van der Waals surface area contributed by atoms with Crippen LogP contribution in [-0.4, -0.2) is 79.9 Å². The van der Waals surface area contributed by atoms with Crippen LogP contribution in [0, 0.1) is 0 Å². The molecule has 1 saturated carbocycles. The summed E-state index contributed by atoms with van der Waals surface area (Å²) in [6.45, 7) is 8.74. The van der Waals surface area contributed by atoms with Gasteiger partial charge in [0.15, 0.2) is 5.82 Å². The lowest BCUT2D eigenvalue weighted by Crippen LogP contribution is -2.54. The predicted molar refractivity (Wildman–Crippen MR) is 147 cm³/mol. The zero-order valence-electron chi connectivity index (χ0n) is 22.2. The highest BCUT2D eigenvalue weighted by molar-refractivity contribution is 7.89. The second-order valence-corrected chi connectivity index (χ2v) is 12.6. The average molecular weight is 527 g/mol. The number of amides is 1. The molecule has 9 nitrogen and oxygen atoms in total. The van der Waals surface area contributed by atoms with Gasteiger partial charge in [-0.25, -0.2) is 13.4 Å². The Kier molecular flexibility index (Phi) is 7.17. The van der Waals surface area contributed by atoms with Crippen LogP contribution in [0.4, 0.5) is 23.0 Å². The number of anilines is 4.